The van der Waals surface area contributed by atoms with Gasteiger partial charge in [0.1, 0.15) is 41.1 Å². The molecule has 11 nitrogen and oxygen atoms in total. The number of carbonyl (C=O) groups excluding carboxylic acids is 1. The molecule has 2 aliphatic rings. The van der Waals surface area contributed by atoms with E-state index in [1.165, 1.54) is 12.1 Å². The summed E-state index contributed by atoms with van der Waals surface area (Å²) in [7, 11) is 0. The number of phenols is 4. The molecule has 0 spiro atoms. The Hall–Kier alpha value is -3.09. The number of benzene rings is 2. The van der Waals surface area contributed by atoms with E-state index < -0.39 is 59.8 Å². The maximum Gasteiger partial charge on any atom is 0.203 e. The summed E-state index contributed by atoms with van der Waals surface area (Å²) < 4.78 is 16.5. The van der Waals surface area contributed by atoms with Gasteiger partial charge >= 0.3 is 0 Å². The third-order valence-corrected chi connectivity index (χ3v) is 5.20. The van der Waals surface area contributed by atoms with Gasteiger partial charge in [-0.1, -0.05) is 6.07 Å². The lowest BCUT2D eigenvalue weighted by Crippen LogP contribution is -2.56. The van der Waals surface area contributed by atoms with Crippen molar-refractivity contribution in [2.75, 3.05) is 6.61 Å². The average molecular weight is 436 g/mol. The fourth-order valence-electron chi connectivity index (χ4n) is 3.59. The summed E-state index contributed by atoms with van der Waals surface area (Å²) in [6.45, 7) is -0.356. The molecule has 3 unspecified atom stereocenters. The second-order valence-electron chi connectivity index (χ2n) is 7.29. The number of ketones is 1. The van der Waals surface area contributed by atoms with E-state index in [0.717, 1.165) is 18.2 Å². The molecule has 2 aliphatic heterocycles. The summed E-state index contributed by atoms with van der Waals surface area (Å²) in [4.78, 5) is 13.2. The minimum atomic E-state index is -1.69. The van der Waals surface area contributed by atoms with Crippen LogP contribution in [0.15, 0.2) is 30.3 Å². The number of hydrogen-bond donors (Lipinski definition) is 7. The zero-order valence-corrected chi connectivity index (χ0v) is 15.8. The monoisotopic (exact) mass is 436 g/mol. The van der Waals surface area contributed by atoms with Gasteiger partial charge in [0.2, 0.25) is 5.78 Å². The maximum absolute atomic E-state index is 13.2. The van der Waals surface area contributed by atoms with Crippen LogP contribution in [0.1, 0.15) is 22.0 Å². The van der Waals surface area contributed by atoms with E-state index in [1.807, 2.05) is 0 Å². The van der Waals surface area contributed by atoms with Gasteiger partial charge in [-0.15, -0.1) is 0 Å². The molecule has 0 amide bonds. The Kier molecular flexibility index (Phi) is 5.37. The van der Waals surface area contributed by atoms with Crippen molar-refractivity contribution in [1.82, 2.24) is 0 Å². The highest BCUT2D eigenvalue weighted by Crippen LogP contribution is 2.44. The Balaban J connectivity index is 1.74. The van der Waals surface area contributed by atoms with Gasteiger partial charge in [0.05, 0.1) is 6.61 Å². The van der Waals surface area contributed by atoms with E-state index in [4.69, 9.17) is 14.2 Å². The Morgan fingerprint density at radius 3 is 2.35 bits per heavy atom. The van der Waals surface area contributed by atoms with Gasteiger partial charge in [0.15, 0.2) is 30.0 Å². The summed E-state index contributed by atoms with van der Waals surface area (Å²) in [6, 6.07) is 5.74. The van der Waals surface area contributed by atoms with Gasteiger partial charge in [-0.2, -0.15) is 0 Å². The van der Waals surface area contributed by atoms with E-state index in [0.29, 0.717) is 0 Å². The topological polar surface area (TPSA) is 186 Å². The van der Waals surface area contributed by atoms with Crippen molar-refractivity contribution in [1.29, 1.82) is 0 Å². The molecular formula is C20H20O11. The highest BCUT2D eigenvalue weighted by atomic mass is 16.6. The molecule has 166 valence electrons. The lowest BCUT2D eigenvalue weighted by molar-refractivity contribution is -0.267. The van der Waals surface area contributed by atoms with Crippen molar-refractivity contribution < 1.29 is 54.8 Å². The molecule has 2 aromatic rings. The van der Waals surface area contributed by atoms with Crippen LogP contribution in [-0.4, -0.2) is 78.8 Å². The Labute approximate surface area is 174 Å². The molecule has 0 aliphatic carbocycles. The molecule has 4 rings (SSSR count). The first-order chi connectivity index (χ1) is 14.7. The lowest BCUT2D eigenvalue weighted by atomic mass is 9.92. The van der Waals surface area contributed by atoms with Crippen LogP contribution in [0.25, 0.3) is 0 Å². The number of aromatic hydroxyl groups is 4. The predicted molar refractivity (Wildman–Crippen MR) is 99.9 cm³/mol. The number of carbonyl (C=O) groups is 1. The summed E-state index contributed by atoms with van der Waals surface area (Å²) in [5.74, 6) is -2.72. The maximum atomic E-state index is 13.2. The summed E-state index contributed by atoms with van der Waals surface area (Å²) >= 11 is 0. The first-order valence-electron chi connectivity index (χ1n) is 9.27. The molecule has 0 saturated carbocycles. The van der Waals surface area contributed by atoms with Crippen LogP contribution in [0.5, 0.6) is 28.7 Å². The molecule has 11 heteroatoms. The van der Waals surface area contributed by atoms with Crippen LogP contribution in [0.2, 0.25) is 0 Å². The van der Waals surface area contributed by atoms with Gasteiger partial charge in [-0.25, -0.2) is 0 Å². The largest absolute Gasteiger partial charge is 0.508 e. The second kappa shape index (κ2) is 7.87. The minimum Gasteiger partial charge on any atom is -0.508 e. The standard InChI is InChI=1S/C20H20O11/c21-8-4-11(24)14-12(5-8)30-18(7-1-2-9(22)10(23)3-7)19(16(14)26)31-13-6-29-20(28)17(27)15(13)25/h1-5,13,15,17-25,27-28H,6H2/t13-,15+,17-,18?,19?,20?/m0/s1. The Bertz CT molecular complexity index is 1010. The molecule has 2 heterocycles. The van der Waals surface area contributed by atoms with Crippen molar-refractivity contribution in [3.63, 3.8) is 0 Å². The third-order valence-electron chi connectivity index (χ3n) is 5.20. The highest BCUT2D eigenvalue weighted by molar-refractivity contribution is 6.05. The minimum absolute atomic E-state index is 0.143. The molecule has 0 bridgehead atoms. The van der Waals surface area contributed by atoms with Gasteiger partial charge in [-0.3, -0.25) is 4.79 Å². The first kappa shape index (κ1) is 21.2. The molecule has 7 N–H and O–H groups in total. The summed E-state index contributed by atoms with van der Waals surface area (Å²) in [5, 5.41) is 68.9. The lowest BCUT2D eigenvalue weighted by Gasteiger charge is -2.39. The molecule has 1 saturated heterocycles. The first-order valence-corrected chi connectivity index (χ1v) is 9.27. The number of fused-ring (bicyclic) bond motifs is 1. The van der Waals surface area contributed by atoms with E-state index in [9.17, 15) is 40.5 Å². The number of rotatable bonds is 3. The van der Waals surface area contributed by atoms with E-state index in [-0.39, 0.29) is 29.2 Å². The second-order valence-corrected chi connectivity index (χ2v) is 7.29. The smallest absolute Gasteiger partial charge is 0.203 e. The molecule has 0 radical (unpaired) electrons. The van der Waals surface area contributed by atoms with Crippen molar-refractivity contribution in [2.24, 2.45) is 0 Å². The van der Waals surface area contributed by atoms with Crippen molar-refractivity contribution >= 4 is 5.78 Å². The van der Waals surface area contributed by atoms with E-state index in [2.05, 4.69) is 0 Å². The van der Waals surface area contributed by atoms with Crippen molar-refractivity contribution in [3.05, 3.63) is 41.5 Å². The van der Waals surface area contributed by atoms with Crippen molar-refractivity contribution in [2.45, 2.75) is 36.8 Å². The number of phenolic OH excluding ortho intramolecular Hbond substituents is 4. The van der Waals surface area contributed by atoms with Gasteiger partial charge in [-0.05, 0) is 17.7 Å². The quantitative estimate of drug-likeness (QED) is 0.312. The van der Waals surface area contributed by atoms with Crippen molar-refractivity contribution in [3.8, 4) is 28.7 Å². The highest BCUT2D eigenvalue weighted by Gasteiger charge is 2.46. The van der Waals surface area contributed by atoms with E-state index >= 15 is 0 Å². The molecule has 6 atom stereocenters. The molecule has 0 aromatic heterocycles. The van der Waals surface area contributed by atoms with Crippen LogP contribution in [0.4, 0.5) is 0 Å². The van der Waals surface area contributed by atoms with Gasteiger partial charge < -0.3 is 50.0 Å². The van der Waals surface area contributed by atoms with Gasteiger partial charge in [0, 0.05) is 12.1 Å². The fraction of sp³-hybridized carbons (Fsp3) is 0.350. The van der Waals surface area contributed by atoms with E-state index in [1.54, 1.807) is 0 Å². The van der Waals surface area contributed by atoms with Crippen LogP contribution >= 0.6 is 0 Å². The normalized spacial score (nSPS) is 30.5. The average Bonchev–Trinajstić information content (AvgIpc) is 2.71. The van der Waals surface area contributed by atoms with Crippen LogP contribution in [0, 0.1) is 0 Å². The molecule has 1 fully saturated rings. The molecule has 2 aromatic carbocycles. The molecular weight excluding hydrogens is 416 g/mol. The van der Waals surface area contributed by atoms with Gasteiger partial charge in [0.25, 0.3) is 0 Å². The Morgan fingerprint density at radius 1 is 0.903 bits per heavy atom. The number of aliphatic hydroxyl groups is 3. The number of Topliss-reactive ketones (excluding diaryl/α,β-unsaturated/α-hetero) is 1. The van der Waals surface area contributed by atoms with Crippen LogP contribution in [0.3, 0.4) is 0 Å². The number of aliphatic hydroxyl groups excluding tert-OH is 3. The summed E-state index contributed by atoms with van der Waals surface area (Å²) in [6.07, 6.45) is -8.88. The molecule has 31 heavy (non-hydrogen) atoms. The SMILES string of the molecule is O=C1c2c(O)cc(O)cc2OC(c2ccc(O)c(O)c2)C1O[C@H]1COC(O)[C@@H](O)[C@@H]1O. The predicted octanol–water partition coefficient (Wildman–Crippen LogP) is -0.350. The summed E-state index contributed by atoms with van der Waals surface area (Å²) in [5.41, 5.74) is -0.0669. The zero-order chi connectivity index (χ0) is 22.4. The van der Waals surface area contributed by atoms with Crippen LogP contribution < -0.4 is 4.74 Å². The zero-order valence-electron chi connectivity index (χ0n) is 15.8. The number of hydrogen-bond acceptors (Lipinski definition) is 11. The van der Waals surface area contributed by atoms with Crippen LogP contribution in [-0.2, 0) is 9.47 Å². The number of ether oxygens (including phenoxy) is 3. The third kappa shape index (κ3) is 3.73. The fourth-order valence-corrected chi connectivity index (χ4v) is 3.59. The Morgan fingerprint density at radius 2 is 1.65 bits per heavy atom.